The minimum Gasteiger partial charge on any atom is -0.367 e. The first kappa shape index (κ1) is 12.3. The summed E-state index contributed by atoms with van der Waals surface area (Å²) in [4.78, 5) is 8.75. The van der Waals surface area contributed by atoms with E-state index < -0.39 is 0 Å². The molecule has 0 saturated carbocycles. The summed E-state index contributed by atoms with van der Waals surface area (Å²) < 4.78 is 0. The largest absolute Gasteiger partial charge is 0.367 e. The zero-order valence-electron chi connectivity index (χ0n) is 11.0. The topological polar surface area (TPSA) is 37.8 Å². The van der Waals surface area contributed by atoms with Crippen LogP contribution in [-0.2, 0) is 12.8 Å². The summed E-state index contributed by atoms with van der Waals surface area (Å²) in [7, 11) is 0. The lowest BCUT2D eigenvalue weighted by atomic mass is 10.1. The molecule has 0 aromatic carbocycles. The molecule has 0 bridgehead atoms. The number of rotatable bonds is 6. The molecule has 0 amide bonds. The molecule has 1 atom stereocenters. The van der Waals surface area contributed by atoms with Gasteiger partial charge in [-0.3, -0.25) is 0 Å². The molecule has 0 spiro atoms. The van der Waals surface area contributed by atoms with Crippen molar-refractivity contribution in [3.8, 4) is 0 Å². The summed E-state index contributed by atoms with van der Waals surface area (Å²) in [5.74, 6) is 1.08. The van der Waals surface area contributed by atoms with E-state index in [-0.39, 0.29) is 0 Å². The first-order valence-corrected chi connectivity index (χ1v) is 6.90. The Hall–Kier alpha value is -1.12. The van der Waals surface area contributed by atoms with Crippen LogP contribution >= 0.6 is 0 Å². The van der Waals surface area contributed by atoms with Crippen LogP contribution < -0.4 is 5.32 Å². The summed E-state index contributed by atoms with van der Waals surface area (Å²) in [6.07, 6.45) is 10.3. The number of aryl methyl sites for hydroxylation is 1. The molecule has 1 aromatic heterocycles. The molecule has 1 aliphatic carbocycles. The van der Waals surface area contributed by atoms with Crippen molar-refractivity contribution >= 4 is 5.82 Å². The fourth-order valence-corrected chi connectivity index (χ4v) is 2.49. The summed E-state index contributed by atoms with van der Waals surface area (Å²) in [6, 6.07) is 0.515. The van der Waals surface area contributed by atoms with E-state index in [0.29, 0.717) is 6.04 Å². The molecule has 0 saturated heterocycles. The highest BCUT2D eigenvalue weighted by Gasteiger charge is 2.17. The van der Waals surface area contributed by atoms with E-state index >= 15 is 0 Å². The van der Waals surface area contributed by atoms with Gasteiger partial charge in [0.25, 0.3) is 0 Å². The number of hydrogen-bond donors (Lipinski definition) is 1. The van der Waals surface area contributed by atoms with Crippen LogP contribution in [0.25, 0.3) is 0 Å². The lowest BCUT2D eigenvalue weighted by Crippen LogP contribution is -2.17. The SMILES string of the molecule is CCCCCC(C)Nc1ncnc2c1CCC2. The number of aromatic nitrogens is 2. The van der Waals surface area contributed by atoms with Gasteiger partial charge in [0.2, 0.25) is 0 Å². The molecular weight excluding hydrogens is 210 g/mol. The van der Waals surface area contributed by atoms with Crippen molar-refractivity contribution in [1.29, 1.82) is 0 Å². The average molecular weight is 233 g/mol. The van der Waals surface area contributed by atoms with E-state index in [9.17, 15) is 0 Å². The monoisotopic (exact) mass is 233 g/mol. The van der Waals surface area contributed by atoms with E-state index in [1.165, 1.54) is 43.4 Å². The van der Waals surface area contributed by atoms with Crippen LogP contribution in [-0.4, -0.2) is 16.0 Å². The standard InChI is InChI=1S/C14H23N3/c1-3-4-5-7-11(2)17-14-12-8-6-9-13(12)15-10-16-14/h10-11H,3-9H2,1-2H3,(H,15,16,17). The highest BCUT2D eigenvalue weighted by Crippen LogP contribution is 2.25. The van der Waals surface area contributed by atoms with Gasteiger partial charge in [-0.05, 0) is 32.6 Å². The molecule has 3 heteroatoms. The molecule has 1 N–H and O–H groups in total. The maximum atomic E-state index is 4.40. The fraction of sp³-hybridized carbons (Fsp3) is 0.714. The maximum absolute atomic E-state index is 4.40. The molecule has 0 fully saturated rings. The molecule has 1 aromatic rings. The van der Waals surface area contributed by atoms with E-state index in [0.717, 1.165) is 18.7 Å². The van der Waals surface area contributed by atoms with Crippen molar-refractivity contribution in [2.75, 3.05) is 5.32 Å². The minimum absolute atomic E-state index is 0.515. The van der Waals surface area contributed by atoms with Gasteiger partial charge in [-0.25, -0.2) is 9.97 Å². The van der Waals surface area contributed by atoms with Crippen molar-refractivity contribution in [2.45, 2.75) is 64.8 Å². The Morgan fingerprint density at radius 1 is 1.29 bits per heavy atom. The van der Waals surface area contributed by atoms with Crippen LogP contribution in [0.3, 0.4) is 0 Å². The molecule has 1 aliphatic rings. The smallest absolute Gasteiger partial charge is 0.133 e. The third-order valence-electron chi connectivity index (χ3n) is 3.50. The van der Waals surface area contributed by atoms with Gasteiger partial charge in [0.15, 0.2) is 0 Å². The van der Waals surface area contributed by atoms with Gasteiger partial charge < -0.3 is 5.32 Å². The molecular formula is C14H23N3. The van der Waals surface area contributed by atoms with Crippen molar-refractivity contribution in [3.63, 3.8) is 0 Å². The van der Waals surface area contributed by atoms with Crippen molar-refractivity contribution in [2.24, 2.45) is 0 Å². The summed E-state index contributed by atoms with van der Waals surface area (Å²) in [6.45, 7) is 4.49. The van der Waals surface area contributed by atoms with Gasteiger partial charge in [0.1, 0.15) is 12.1 Å². The molecule has 94 valence electrons. The van der Waals surface area contributed by atoms with Crippen molar-refractivity contribution < 1.29 is 0 Å². The van der Waals surface area contributed by atoms with E-state index in [2.05, 4.69) is 29.1 Å². The normalized spacial score (nSPS) is 15.6. The van der Waals surface area contributed by atoms with Gasteiger partial charge in [0.05, 0.1) is 0 Å². The highest BCUT2D eigenvalue weighted by atomic mass is 15.0. The predicted molar refractivity (Wildman–Crippen MR) is 71.3 cm³/mol. The number of fused-ring (bicyclic) bond motifs is 1. The van der Waals surface area contributed by atoms with Gasteiger partial charge in [0, 0.05) is 17.3 Å². The second-order valence-corrected chi connectivity index (χ2v) is 5.04. The molecule has 1 unspecified atom stereocenters. The average Bonchev–Trinajstić information content (AvgIpc) is 2.78. The third-order valence-corrected chi connectivity index (χ3v) is 3.50. The first-order valence-electron chi connectivity index (χ1n) is 6.90. The summed E-state index contributed by atoms with van der Waals surface area (Å²) in [5, 5.41) is 3.55. The minimum atomic E-state index is 0.515. The van der Waals surface area contributed by atoms with Crippen molar-refractivity contribution in [1.82, 2.24) is 9.97 Å². The van der Waals surface area contributed by atoms with Gasteiger partial charge in [-0.2, -0.15) is 0 Å². The molecule has 3 nitrogen and oxygen atoms in total. The van der Waals surface area contributed by atoms with Crippen molar-refractivity contribution in [3.05, 3.63) is 17.6 Å². The molecule has 1 heterocycles. The van der Waals surface area contributed by atoms with E-state index in [1.54, 1.807) is 6.33 Å². The maximum Gasteiger partial charge on any atom is 0.133 e. The Balaban J connectivity index is 1.92. The number of nitrogens with zero attached hydrogens (tertiary/aromatic N) is 2. The molecule has 0 aliphatic heterocycles. The zero-order chi connectivity index (χ0) is 12.1. The summed E-state index contributed by atoms with van der Waals surface area (Å²) >= 11 is 0. The Kier molecular flexibility index (Phi) is 4.35. The number of anilines is 1. The lowest BCUT2D eigenvalue weighted by Gasteiger charge is -2.16. The molecule has 17 heavy (non-hydrogen) atoms. The Morgan fingerprint density at radius 3 is 3.00 bits per heavy atom. The number of nitrogens with one attached hydrogen (secondary N) is 1. The highest BCUT2D eigenvalue weighted by molar-refractivity contribution is 5.48. The second kappa shape index (κ2) is 5.99. The Labute approximate surface area is 104 Å². The first-order chi connectivity index (χ1) is 8.31. The summed E-state index contributed by atoms with van der Waals surface area (Å²) in [5.41, 5.74) is 2.61. The third kappa shape index (κ3) is 3.18. The van der Waals surface area contributed by atoms with Gasteiger partial charge >= 0.3 is 0 Å². The van der Waals surface area contributed by atoms with Gasteiger partial charge in [-0.1, -0.05) is 26.2 Å². The predicted octanol–water partition coefficient (Wildman–Crippen LogP) is 3.35. The second-order valence-electron chi connectivity index (χ2n) is 5.04. The Bertz CT molecular complexity index is 362. The van der Waals surface area contributed by atoms with Crippen LogP contribution in [0.15, 0.2) is 6.33 Å². The van der Waals surface area contributed by atoms with E-state index in [1.807, 2.05) is 0 Å². The Morgan fingerprint density at radius 2 is 2.18 bits per heavy atom. The van der Waals surface area contributed by atoms with Crippen LogP contribution in [0, 0.1) is 0 Å². The molecule has 2 rings (SSSR count). The van der Waals surface area contributed by atoms with Crippen LogP contribution in [0.4, 0.5) is 5.82 Å². The van der Waals surface area contributed by atoms with Crippen LogP contribution in [0.2, 0.25) is 0 Å². The van der Waals surface area contributed by atoms with Crippen LogP contribution in [0.5, 0.6) is 0 Å². The number of hydrogen-bond acceptors (Lipinski definition) is 3. The van der Waals surface area contributed by atoms with E-state index in [4.69, 9.17) is 0 Å². The number of unbranched alkanes of at least 4 members (excludes halogenated alkanes) is 2. The lowest BCUT2D eigenvalue weighted by molar-refractivity contribution is 0.613. The fourth-order valence-electron chi connectivity index (χ4n) is 2.49. The zero-order valence-corrected chi connectivity index (χ0v) is 11.0. The van der Waals surface area contributed by atoms with Gasteiger partial charge in [-0.15, -0.1) is 0 Å². The quantitative estimate of drug-likeness (QED) is 0.766. The molecule has 0 radical (unpaired) electrons. The van der Waals surface area contributed by atoms with Crippen LogP contribution in [0.1, 0.15) is 57.2 Å².